The molecule has 1 aliphatic rings. The van der Waals surface area contributed by atoms with Crippen molar-refractivity contribution in [2.75, 3.05) is 6.61 Å². The number of alkyl halides is 3. The van der Waals surface area contributed by atoms with E-state index in [9.17, 15) is 13.2 Å². The lowest BCUT2D eigenvalue weighted by Gasteiger charge is -2.18. The van der Waals surface area contributed by atoms with Gasteiger partial charge in [0.15, 0.2) is 0 Å². The fraction of sp³-hybridized carbons (Fsp3) is 1.00. The summed E-state index contributed by atoms with van der Waals surface area (Å²) in [5.41, 5.74) is 2.22. The van der Waals surface area contributed by atoms with Gasteiger partial charge in [0.1, 0.15) is 0 Å². The summed E-state index contributed by atoms with van der Waals surface area (Å²) in [6.07, 6.45) is -0.701. The number of rotatable bonds is 6. The van der Waals surface area contributed by atoms with E-state index in [1.165, 1.54) is 0 Å². The fourth-order valence-corrected chi connectivity index (χ4v) is 1.99. The highest BCUT2D eigenvalue weighted by molar-refractivity contribution is 4.71. The van der Waals surface area contributed by atoms with Gasteiger partial charge in [-0.1, -0.05) is 0 Å². The fourth-order valence-electron chi connectivity index (χ4n) is 1.99. The molecule has 1 aliphatic heterocycles. The maximum absolute atomic E-state index is 12.1. The molecule has 0 radical (unpaired) electrons. The van der Waals surface area contributed by atoms with Gasteiger partial charge in [-0.15, -0.1) is 0 Å². The highest BCUT2D eigenvalue weighted by atomic mass is 19.4. The van der Waals surface area contributed by atoms with Crippen LogP contribution in [0.2, 0.25) is 0 Å². The lowest BCUT2D eigenvalue weighted by Crippen LogP contribution is -2.38. The standard InChI is InChI=1S/C10H19F3N2O/c11-10(12,13)7-8(15-14)3-1-4-9-5-2-6-16-9/h8-9,15H,1-7,14H2. The van der Waals surface area contributed by atoms with Crippen molar-refractivity contribution in [3.63, 3.8) is 0 Å². The van der Waals surface area contributed by atoms with Gasteiger partial charge < -0.3 is 4.74 Å². The predicted octanol–water partition coefficient (Wildman–Crippen LogP) is 2.12. The van der Waals surface area contributed by atoms with E-state index in [-0.39, 0.29) is 6.10 Å². The Morgan fingerprint density at radius 1 is 1.44 bits per heavy atom. The van der Waals surface area contributed by atoms with Gasteiger partial charge in [-0.05, 0) is 32.1 Å². The summed E-state index contributed by atoms with van der Waals surface area (Å²) in [6, 6.07) is -0.679. The Kier molecular flexibility index (Phi) is 5.51. The monoisotopic (exact) mass is 240 g/mol. The summed E-state index contributed by atoms with van der Waals surface area (Å²) in [5, 5.41) is 0. The highest BCUT2D eigenvalue weighted by Crippen LogP contribution is 2.24. The zero-order chi connectivity index (χ0) is 12.0. The molecule has 3 N–H and O–H groups in total. The molecule has 1 heterocycles. The molecular weight excluding hydrogens is 221 g/mol. The maximum Gasteiger partial charge on any atom is 0.390 e. The molecular formula is C10H19F3N2O. The molecule has 1 fully saturated rings. The summed E-state index contributed by atoms with van der Waals surface area (Å²) >= 11 is 0. The Labute approximate surface area is 93.5 Å². The second kappa shape index (κ2) is 6.42. The molecule has 2 unspecified atom stereocenters. The van der Waals surface area contributed by atoms with Crippen LogP contribution in [0, 0.1) is 0 Å². The number of nitrogens with two attached hydrogens (primary N) is 1. The van der Waals surface area contributed by atoms with Gasteiger partial charge >= 0.3 is 6.18 Å². The average molecular weight is 240 g/mol. The first-order valence-corrected chi connectivity index (χ1v) is 5.66. The average Bonchev–Trinajstić information content (AvgIpc) is 2.67. The third kappa shape index (κ3) is 5.67. The molecule has 0 aromatic heterocycles. The third-order valence-corrected chi connectivity index (χ3v) is 2.82. The number of hydrazine groups is 1. The number of nitrogens with one attached hydrogen (secondary N) is 1. The molecule has 0 aromatic carbocycles. The molecule has 0 bridgehead atoms. The van der Waals surface area contributed by atoms with E-state index in [4.69, 9.17) is 10.6 Å². The zero-order valence-corrected chi connectivity index (χ0v) is 9.22. The molecule has 2 atom stereocenters. The molecule has 0 aromatic rings. The smallest absolute Gasteiger partial charge is 0.378 e. The molecule has 16 heavy (non-hydrogen) atoms. The Hall–Kier alpha value is -0.330. The van der Waals surface area contributed by atoms with Crippen molar-refractivity contribution in [3.05, 3.63) is 0 Å². The van der Waals surface area contributed by atoms with Gasteiger partial charge in [0.2, 0.25) is 0 Å². The van der Waals surface area contributed by atoms with Crippen molar-refractivity contribution in [2.45, 2.75) is 56.8 Å². The minimum absolute atomic E-state index is 0.240. The summed E-state index contributed by atoms with van der Waals surface area (Å²) in [4.78, 5) is 0. The van der Waals surface area contributed by atoms with E-state index in [1.807, 2.05) is 0 Å². The van der Waals surface area contributed by atoms with Gasteiger partial charge in [0.05, 0.1) is 12.5 Å². The molecule has 0 spiro atoms. The van der Waals surface area contributed by atoms with E-state index in [2.05, 4.69) is 5.43 Å². The number of hydrogen-bond acceptors (Lipinski definition) is 3. The van der Waals surface area contributed by atoms with Gasteiger partial charge in [-0.2, -0.15) is 13.2 Å². The SMILES string of the molecule is NNC(CCCC1CCCO1)CC(F)(F)F. The first-order chi connectivity index (χ1) is 7.51. The van der Waals surface area contributed by atoms with Crippen LogP contribution in [0.25, 0.3) is 0 Å². The van der Waals surface area contributed by atoms with Crippen molar-refractivity contribution in [2.24, 2.45) is 5.84 Å². The molecule has 0 amide bonds. The van der Waals surface area contributed by atoms with Crippen molar-refractivity contribution >= 4 is 0 Å². The minimum atomic E-state index is -4.15. The number of hydrogen-bond donors (Lipinski definition) is 2. The van der Waals surface area contributed by atoms with Crippen LogP contribution in [0.4, 0.5) is 13.2 Å². The van der Waals surface area contributed by atoms with Crippen LogP contribution in [0.3, 0.4) is 0 Å². The Morgan fingerprint density at radius 3 is 2.69 bits per heavy atom. The van der Waals surface area contributed by atoms with Crippen molar-refractivity contribution in [1.82, 2.24) is 5.43 Å². The summed E-state index contributed by atoms with van der Waals surface area (Å²) < 4.78 is 41.7. The first kappa shape index (κ1) is 13.7. The van der Waals surface area contributed by atoms with Crippen LogP contribution in [0.1, 0.15) is 38.5 Å². The van der Waals surface area contributed by atoms with Gasteiger partial charge in [-0.3, -0.25) is 11.3 Å². The number of ether oxygens (including phenoxy) is 1. The van der Waals surface area contributed by atoms with Crippen LogP contribution >= 0.6 is 0 Å². The van der Waals surface area contributed by atoms with Crippen LogP contribution in [-0.4, -0.2) is 24.9 Å². The van der Waals surface area contributed by atoms with Gasteiger partial charge in [-0.25, -0.2) is 0 Å². The predicted molar refractivity (Wildman–Crippen MR) is 54.6 cm³/mol. The summed E-state index contributed by atoms with van der Waals surface area (Å²) in [6.45, 7) is 0.784. The van der Waals surface area contributed by atoms with Gasteiger partial charge in [0, 0.05) is 12.6 Å². The lowest BCUT2D eigenvalue weighted by molar-refractivity contribution is -0.140. The van der Waals surface area contributed by atoms with Crippen LogP contribution in [-0.2, 0) is 4.74 Å². The van der Waals surface area contributed by atoms with E-state index in [0.29, 0.717) is 6.42 Å². The topological polar surface area (TPSA) is 47.3 Å². The van der Waals surface area contributed by atoms with Gasteiger partial charge in [0.25, 0.3) is 0 Å². The Bertz CT molecular complexity index is 193. The zero-order valence-electron chi connectivity index (χ0n) is 9.22. The third-order valence-electron chi connectivity index (χ3n) is 2.82. The normalized spacial score (nSPS) is 23.6. The van der Waals surface area contributed by atoms with Crippen LogP contribution in [0.15, 0.2) is 0 Å². The lowest BCUT2D eigenvalue weighted by atomic mass is 10.0. The Balaban J connectivity index is 2.13. The minimum Gasteiger partial charge on any atom is -0.378 e. The second-order valence-electron chi connectivity index (χ2n) is 4.25. The van der Waals surface area contributed by atoms with Crippen molar-refractivity contribution in [3.8, 4) is 0 Å². The molecule has 1 rings (SSSR count). The van der Waals surface area contributed by atoms with Crippen LogP contribution < -0.4 is 11.3 Å². The van der Waals surface area contributed by atoms with E-state index >= 15 is 0 Å². The van der Waals surface area contributed by atoms with E-state index < -0.39 is 18.6 Å². The van der Waals surface area contributed by atoms with E-state index in [1.54, 1.807) is 0 Å². The van der Waals surface area contributed by atoms with Crippen LogP contribution in [0.5, 0.6) is 0 Å². The molecule has 96 valence electrons. The molecule has 6 heteroatoms. The van der Waals surface area contributed by atoms with Crippen molar-refractivity contribution in [1.29, 1.82) is 0 Å². The highest BCUT2D eigenvalue weighted by Gasteiger charge is 2.31. The molecule has 0 saturated carbocycles. The first-order valence-electron chi connectivity index (χ1n) is 5.66. The molecule has 1 saturated heterocycles. The molecule has 3 nitrogen and oxygen atoms in total. The van der Waals surface area contributed by atoms with Crippen molar-refractivity contribution < 1.29 is 17.9 Å². The number of halogens is 3. The molecule has 0 aliphatic carbocycles. The largest absolute Gasteiger partial charge is 0.390 e. The summed E-state index contributed by atoms with van der Waals surface area (Å²) in [5.74, 6) is 5.09. The quantitative estimate of drug-likeness (QED) is 0.552. The van der Waals surface area contributed by atoms with E-state index in [0.717, 1.165) is 32.3 Å². The maximum atomic E-state index is 12.1. The Morgan fingerprint density at radius 2 is 2.19 bits per heavy atom. The second-order valence-corrected chi connectivity index (χ2v) is 4.25. The summed E-state index contributed by atoms with van der Waals surface area (Å²) in [7, 11) is 0.